The Morgan fingerprint density at radius 1 is 1.21 bits per heavy atom. The fourth-order valence-electron chi connectivity index (χ4n) is 2.03. The zero-order valence-corrected chi connectivity index (χ0v) is 13.8. The van der Waals surface area contributed by atoms with E-state index in [4.69, 9.17) is 16.3 Å². The smallest absolute Gasteiger partial charge is 0.149 e. The van der Waals surface area contributed by atoms with Gasteiger partial charge in [-0.1, -0.05) is 39.0 Å². The first-order valence-corrected chi connectivity index (χ1v) is 7.19. The molecule has 0 heterocycles. The number of para-hydroxylation sites is 1. The Balaban J connectivity index is 0.00000324. The topological polar surface area (TPSA) is 12.5 Å². The van der Waals surface area contributed by atoms with Gasteiger partial charge in [-0.25, -0.2) is 0 Å². The van der Waals surface area contributed by atoms with Crippen molar-refractivity contribution in [2.24, 2.45) is 0 Å². The van der Waals surface area contributed by atoms with E-state index >= 15 is 0 Å². The standard InChI is InChI=1S/C15H24ClNO.ClH/c1-5-17(11-10-16)13(4)18-15-9-7-6-8-14(15)12(2)3;/h6-9,12-13H,5,10-11H2,1-4H3;1H. The van der Waals surface area contributed by atoms with Crippen molar-refractivity contribution in [3.05, 3.63) is 29.8 Å². The number of alkyl halides is 1. The zero-order valence-electron chi connectivity index (χ0n) is 12.2. The van der Waals surface area contributed by atoms with Crippen LogP contribution in [0.15, 0.2) is 24.3 Å². The number of hydrogen-bond donors (Lipinski definition) is 0. The largest absolute Gasteiger partial charge is 0.475 e. The molecule has 0 N–H and O–H groups in total. The second-order valence-corrected chi connectivity index (χ2v) is 5.11. The third-order valence-electron chi connectivity index (χ3n) is 3.13. The Morgan fingerprint density at radius 3 is 2.37 bits per heavy atom. The number of ether oxygens (including phenoxy) is 1. The molecule has 0 aliphatic carbocycles. The summed E-state index contributed by atoms with van der Waals surface area (Å²) in [5.74, 6) is 2.08. The highest BCUT2D eigenvalue weighted by Gasteiger charge is 2.15. The van der Waals surface area contributed by atoms with Crippen LogP contribution in [0.5, 0.6) is 5.75 Å². The van der Waals surface area contributed by atoms with Gasteiger partial charge in [-0.2, -0.15) is 0 Å². The summed E-state index contributed by atoms with van der Waals surface area (Å²) in [6.45, 7) is 10.4. The van der Waals surface area contributed by atoms with Crippen LogP contribution in [0.1, 0.15) is 39.2 Å². The lowest BCUT2D eigenvalue weighted by Gasteiger charge is -2.28. The van der Waals surface area contributed by atoms with Crippen LogP contribution in [-0.4, -0.2) is 30.1 Å². The minimum atomic E-state index is 0. The number of benzene rings is 1. The van der Waals surface area contributed by atoms with Gasteiger partial charge in [-0.05, 0) is 31.0 Å². The van der Waals surface area contributed by atoms with Gasteiger partial charge in [0.1, 0.15) is 12.0 Å². The summed E-state index contributed by atoms with van der Waals surface area (Å²) in [5.41, 5.74) is 1.26. The Kier molecular flexibility index (Phi) is 9.24. The van der Waals surface area contributed by atoms with Crippen LogP contribution >= 0.6 is 24.0 Å². The molecular weight excluding hydrogens is 281 g/mol. The summed E-state index contributed by atoms with van der Waals surface area (Å²) < 4.78 is 6.08. The Labute approximate surface area is 128 Å². The summed E-state index contributed by atoms with van der Waals surface area (Å²) in [4.78, 5) is 2.23. The van der Waals surface area contributed by atoms with Crippen molar-refractivity contribution in [3.8, 4) is 5.75 Å². The quantitative estimate of drug-likeness (QED) is 0.542. The van der Waals surface area contributed by atoms with Crippen molar-refractivity contribution >= 4 is 24.0 Å². The van der Waals surface area contributed by atoms with E-state index in [1.54, 1.807) is 0 Å². The van der Waals surface area contributed by atoms with E-state index in [2.05, 4.69) is 44.7 Å². The molecule has 0 saturated heterocycles. The van der Waals surface area contributed by atoms with Crippen LogP contribution in [0.3, 0.4) is 0 Å². The van der Waals surface area contributed by atoms with Gasteiger partial charge >= 0.3 is 0 Å². The highest BCUT2D eigenvalue weighted by Crippen LogP contribution is 2.27. The molecule has 1 aromatic rings. The second kappa shape index (κ2) is 9.46. The van der Waals surface area contributed by atoms with Gasteiger partial charge in [-0.3, -0.25) is 4.90 Å². The first-order valence-electron chi connectivity index (χ1n) is 6.65. The third kappa shape index (κ3) is 5.60. The summed E-state index contributed by atoms with van der Waals surface area (Å²) in [5, 5.41) is 0. The first kappa shape index (κ1) is 18.6. The lowest BCUT2D eigenvalue weighted by atomic mass is 10.0. The maximum absolute atomic E-state index is 6.08. The predicted octanol–water partition coefficient (Wildman–Crippen LogP) is 4.52. The van der Waals surface area contributed by atoms with Gasteiger partial charge in [0.25, 0.3) is 0 Å². The molecule has 0 aliphatic heterocycles. The van der Waals surface area contributed by atoms with Gasteiger partial charge in [0.05, 0.1) is 0 Å². The second-order valence-electron chi connectivity index (χ2n) is 4.73. The van der Waals surface area contributed by atoms with E-state index in [1.165, 1.54) is 5.56 Å². The van der Waals surface area contributed by atoms with Crippen LogP contribution < -0.4 is 4.74 Å². The monoisotopic (exact) mass is 305 g/mol. The van der Waals surface area contributed by atoms with E-state index in [0.29, 0.717) is 11.8 Å². The Bertz CT molecular complexity index is 358. The average Bonchev–Trinajstić information content (AvgIpc) is 2.36. The van der Waals surface area contributed by atoms with Crippen molar-refractivity contribution < 1.29 is 4.74 Å². The molecule has 1 aromatic carbocycles. The molecule has 0 radical (unpaired) electrons. The van der Waals surface area contributed by atoms with Crippen molar-refractivity contribution in [1.29, 1.82) is 0 Å². The molecule has 1 unspecified atom stereocenters. The van der Waals surface area contributed by atoms with Gasteiger partial charge in [0.2, 0.25) is 0 Å². The van der Waals surface area contributed by atoms with Crippen molar-refractivity contribution in [1.82, 2.24) is 4.90 Å². The van der Waals surface area contributed by atoms with Crippen molar-refractivity contribution in [2.45, 2.75) is 39.8 Å². The SMILES string of the molecule is CCN(CCCl)C(C)Oc1ccccc1C(C)C.Cl. The number of rotatable bonds is 7. The van der Waals surface area contributed by atoms with E-state index in [1.807, 2.05) is 12.1 Å². The molecule has 0 aromatic heterocycles. The highest BCUT2D eigenvalue weighted by molar-refractivity contribution is 6.18. The molecule has 2 nitrogen and oxygen atoms in total. The highest BCUT2D eigenvalue weighted by atomic mass is 35.5. The Morgan fingerprint density at radius 2 is 1.84 bits per heavy atom. The van der Waals surface area contributed by atoms with Crippen LogP contribution in [0, 0.1) is 0 Å². The van der Waals surface area contributed by atoms with Crippen molar-refractivity contribution in [3.63, 3.8) is 0 Å². The lowest BCUT2D eigenvalue weighted by molar-refractivity contribution is 0.0477. The molecule has 19 heavy (non-hydrogen) atoms. The van der Waals surface area contributed by atoms with Crippen molar-refractivity contribution in [2.75, 3.05) is 19.0 Å². The predicted molar refractivity (Wildman–Crippen MR) is 85.8 cm³/mol. The molecule has 0 fully saturated rings. The van der Waals surface area contributed by atoms with Crippen LogP contribution in [0.2, 0.25) is 0 Å². The van der Waals surface area contributed by atoms with E-state index in [-0.39, 0.29) is 18.6 Å². The molecule has 0 spiro atoms. The molecule has 4 heteroatoms. The first-order chi connectivity index (χ1) is 8.60. The summed E-state index contributed by atoms with van der Waals surface area (Å²) >= 11 is 5.81. The molecule has 0 bridgehead atoms. The number of halogens is 2. The van der Waals surface area contributed by atoms with Crippen LogP contribution in [-0.2, 0) is 0 Å². The van der Waals surface area contributed by atoms with E-state index in [9.17, 15) is 0 Å². The molecule has 0 amide bonds. The van der Waals surface area contributed by atoms with E-state index < -0.39 is 0 Å². The molecular formula is C15H25Cl2NO. The molecule has 0 aliphatic rings. The minimum absolute atomic E-state index is 0. The number of nitrogens with zero attached hydrogens (tertiary/aromatic N) is 1. The fourth-order valence-corrected chi connectivity index (χ4v) is 2.25. The van der Waals surface area contributed by atoms with E-state index in [0.717, 1.165) is 18.8 Å². The molecule has 1 rings (SSSR count). The number of hydrogen-bond acceptors (Lipinski definition) is 2. The van der Waals surface area contributed by atoms with Crippen LogP contribution in [0.25, 0.3) is 0 Å². The molecule has 1 atom stereocenters. The fraction of sp³-hybridized carbons (Fsp3) is 0.600. The van der Waals surface area contributed by atoms with Gasteiger partial charge in [-0.15, -0.1) is 24.0 Å². The minimum Gasteiger partial charge on any atom is -0.475 e. The maximum atomic E-state index is 6.08. The van der Waals surface area contributed by atoms with Gasteiger partial charge in [0, 0.05) is 12.4 Å². The molecule has 110 valence electrons. The summed E-state index contributed by atoms with van der Waals surface area (Å²) in [6, 6.07) is 8.25. The normalized spacial score (nSPS) is 12.4. The molecule has 0 saturated carbocycles. The zero-order chi connectivity index (χ0) is 13.5. The summed E-state index contributed by atoms with van der Waals surface area (Å²) in [7, 11) is 0. The lowest BCUT2D eigenvalue weighted by Crippen LogP contribution is -2.38. The third-order valence-corrected chi connectivity index (χ3v) is 3.30. The van der Waals surface area contributed by atoms with Gasteiger partial charge < -0.3 is 4.74 Å². The van der Waals surface area contributed by atoms with Gasteiger partial charge in [0.15, 0.2) is 0 Å². The summed E-state index contributed by atoms with van der Waals surface area (Å²) in [6.07, 6.45) is 0.0497. The van der Waals surface area contributed by atoms with Crippen LogP contribution in [0.4, 0.5) is 0 Å². The maximum Gasteiger partial charge on any atom is 0.149 e. The average molecular weight is 306 g/mol. The Hall–Kier alpha value is -0.440.